The normalized spacial score (nSPS) is 18.9. The van der Waals surface area contributed by atoms with Crippen LogP contribution in [0.4, 0.5) is 4.39 Å². The minimum Gasteiger partial charge on any atom is -0.440 e. The Morgan fingerprint density at radius 2 is 2.12 bits per heavy atom. The Balaban J connectivity index is 1.90. The van der Waals surface area contributed by atoms with E-state index in [1.54, 1.807) is 6.07 Å². The monoisotopic (exact) mass is 234 g/mol. The van der Waals surface area contributed by atoms with Crippen molar-refractivity contribution in [2.24, 2.45) is 0 Å². The first kappa shape index (κ1) is 10.7. The fourth-order valence-corrected chi connectivity index (χ4v) is 2.35. The predicted molar refractivity (Wildman–Crippen MR) is 63.4 cm³/mol. The summed E-state index contributed by atoms with van der Waals surface area (Å²) in [6.07, 6.45) is 2.12. The topological polar surface area (TPSA) is 29.3 Å². The molecule has 1 aliphatic rings. The molecule has 1 saturated heterocycles. The number of hydrogen-bond acceptors (Lipinski definition) is 3. The minimum absolute atomic E-state index is 0.274. The van der Waals surface area contributed by atoms with Crippen molar-refractivity contribution in [3.05, 3.63) is 29.9 Å². The van der Waals surface area contributed by atoms with E-state index < -0.39 is 0 Å². The SMILES string of the molecule is CN1CCC(c2nc3ccc(F)cc3o2)CC1. The van der Waals surface area contributed by atoms with Gasteiger partial charge in [0.05, 0.1) is 0 Å². The van der Waals surface area contributed by atoms with Gasteiger partial charge >= 0.3 is 0 Å². The third-order valence-corrected chi connectivity index (χ3v) is 3.43. The van der Waals surface area contributed by atoms with Crippen LogP contribution in [0.1, 0.15) is 24.7 Å². The lowest BCUT2D eigenvalue weighted by Gasteiger charge is -2.26. The van der Waals surface area contributed by atoms with Gasteiger partial charge in [0.1, 0.15) is 11.3 Å². The van der Waals surface area contributed by atoms with Gasteiger partial charge in [0.25, 0.3) is 0 Å². The molecule has 0 spiro atoms. The van der Waals surface area contributed by atoms with Crippen LogP contribution in [-0.2, 0) is 0 Å². The molecule has 2 aromatic rings. The summed E-state index contributed by atoms with van der Waals surface area (Å²) in [5, 5.41) is 0. The summed E-state index contributed by atoms with van der Waals surface area (Å²) < 4.78 is 18.7. The lowest BCUT2D eigenvalue weighted by atomic mass is 9.97. The van der Waals surface area contributed by atoms with E-state index in [4.69, 9.17) is 4.42 Å². The zero-order valence-electron chi connectivity index (χ0n) is 9.82. The second-order valence-corrected chi connectivity index (χ2v) is 4.74. The van der Waals surface area contributed by atoms with Crippen molar-refractivity contribution in [1.29, 1.82) is 0 Å². The van der Waals surface area contributed by atoms with Crippen molar-refractivity contribution >= 4 is 11.1 Å². The summed E-state index contributed by atoms with van der Waals surface area (Å²) in [6, 6.07) is 4.50. The van der Waals surface area contributed by atoms with Crippen LogP contribution >= 0.6 is 0 Å². The molecule has 1 aliphatic heterocycles. The summed E-state index contributed by atoms with van der Waals surface area (Å²) >= 11 is 0. The number of rotatable bonds is 1. The zero-order valence-corrected chi connectivity index (χ0v) is 9.82. The molecule has 0 aliphatic carbocycles. The Bertz CT molecular complexity index is 529. The van der Waals surface area contributed by atoms with E-state index in [1.165, 1.54) is 12.1 Å². The molecule has 90 valence electrons. The van der Waals surface area contributed by atoms with Gasteiger partial charge in [0, 0.05) is 12.0 Å². The van der Waals surface area contributed by atoms with Crippen LogP contribution in [-0.4, -0.2) is 30.0 Å². The molecule has 0 radical (unpaired) electrons. The van der Waals surface area contributed by atoms with Crippen molar-refractivity contribution in [3.8, 4) is 0 Å². The second-order valence-electron chi connectivity index (χ2n) is 4.74. The van der Waals surface area contributed by atoms with E-state index in [9.17, 15) is 4.39 Å². The summed E-state index contributed by atoms with van der Waals surface area (Å²) in [4.78, 5) is 6.76. The standard InChI is InChI=1S/C13H15FN2O/c1-16-6-4-9(5-7-16)13-15-11-3-2-10(14)8-12(11)17-13/h2-3,8-9H,4-7H2,1H3. The van der Waals surface area contributed by atoms with Crippen LogP contribution in [0.25, 0.3) is 11.1 Å². The molecule has 1 fully saturated rings. The number of aromatic nitrogens is 1. The number of oxazole rings is 1. The van der Waals surface area contributed by atoms with Gasteiger partial charge in [-0.05, 0) is 45.1 Å². The largest absolute Gasteiger partial charge is 0.440 e. The molecule has 0 bridgehead atoms. The molecule has 3 nitrogen and oxygen atoms in total. The molecule has 3 rings (SSSR count). The molecule has 0 saturated carbocycles. The van der Waals surface area contributed by atoms with Gasteiger partial charge in [0.2, 0.25) is 0 Å². The Morgan fingerprint density at radius 3 is 2.88 bits per heavy atom. The van der Waals surface area contributed by atoms with Gasteiger partial charge in [-0.25, -0.2) is 9.37 Å². The molecule has 0 amide bonds. The van der Waals surface area contributed by atoms with Gasteiger partial charge in [-0.15, -0.1) is 0 Å². The maximum absolute atomic E-state index is 13.0. The highest BCUT2D eigenvalue weighted by molar-refractivity contribution is 5.72. The van der Waals surface area contributed by atoms with Crippen LogP contribution in [0.15, 0.2) is 22.6 Å². The van der Waals surface area contributed by atoms with Crippen molar-refractivity contribution in [2.75, 3.05) is 20.1 Å². The molecule has 1 aromatic carbocycles. The first-order valence-electron chi connectivity index (χ1n) is 5.97. The maximum atomic E-state index is 13.0. The average molecular weight is 234 g/mol. The Kier molecular flexibility index (Phi) is 2.59. The quantitative estimate of drug-likeness (QED) is 0.759. The van der Waals surface area contributed by atoms with E-state index in [2.05, 4.69) is 16.9 Å². The fraction of sp³-hybridized carbons (Fsp3) is 0.462. The molecule has 0 N–H and O–H groups in total. The summed E-state index contributed by atoms with van der Waals surface area (Å²) in [7, 11) is 2.12. The lowest BCUT2D eigenvalue weighted by molar-refractivity contribution is 0.239. The second kappa shape index (κ2) is 4.11. The van der Waals surface area contributed by atoms with Gasteiger partial charge in [-0.2, -0.15) is 0 Å². The van der Waals surface area contributed by atoms with Crippen LogP contribution in [0, 0.1) is 5.82 Å². The predicted octanol–water partition coefficient (Wildman–Crippen LogP) is 2.78. The first-order chi connectivity index (χ1) is 8.22. The maximum Gasteiger partial charge on any atom is 0.198 e. The number of piperidine rings is 1. The van der Waals surface area contributed by atoms with Gasteiger partial charge in [0.15, 0.2) is 11.5 Å². The number of hydrogen-bond donors (Lipinski definition) is 0. The molecule has 1 aromatic heterocycles. The van der Waals surface area contributed by atoms with Crippen molar-refractivity contribution < 1.29 is 8.81 Å². The van der Waals surface area contributed by atoms with Crippen LogP contribution in [0.5, 0.6) is 0 Å². The Hall–Kier alpha value is -1.42. The van der Waals surface area contributed by atoms with E-state index in [1.807, 2.05) is 0 Å². The van der Waals surface area contributed by atoms with Crippen molar-refractivity contribution in [1.82, 2.24) is 9.88 Å². The smallest absolute Gasteiger partial charge is 0.198 e. The number of likely N-dealkylation sites (tertiary alicyclic amines) is 1. The molecule has 0 atom stereocenters. The molecule has 17 heavy (non-hydrogen) atoms. The molecule has 4 heteroatoms. The van der Waals surface area contributed by atoms with Crippen LogP contribution < -0.4 is 0 Å². The summed E-state index contributed by atoms with van der Waals surface area (Å²) in [5.74, 6) is 0.865. The summed E-state index contributed by atoms with van der Waals surface area (Å²) in [5.41, 5.74) is 1.30. The highest BCUT2D eigenvalue weighted by Crippen LogP contribution is 2.29. The minimum atomic E-state index is -0.274. The average Bonchev–Trinajstić information content (AvgIpc) is 2.72. The third-order valence-electron chi connectivity index (χ3n) is 3.43. The summed E-state index contributed by atoms with van der Waals surface area (Å²) in [6.45, 7) is 2.13. The van der Waals surface area contributed by atoms with Crippen molar-refractivity contribution in [3.63, 3.8) is 0 Å². The molecule has 0 unspecified atom stereocenters. The van der Waals surface area contributed by atoms with Crippen molar-refractivity contribution in [2.45, 2.75) is 18.8 Å². The number of fused-ring (bicyclic) bond motifs is 1. The highest BCUT2D eigenvalue weighted by atomic mass is 19.1. The molecule has 2 heterocycles. The van der Waals surface area contributed by atoms with E-state index in [-0.39, 0.29) is 5.82 Å². The Labute approximate surface area is 99.2 Å². The van der Waals surface area contributed by atoms with E-state index >= 15 is 0 Å². The van der Waals surface area contributed by atoms with E-state index in [0.29, 0.717) is 11.5 Å². The zero-order chi connectivity index (χ0) is 11.8. The van der Waals surface area contributed by atoms with E-state index in [0.717, 1.165) is 37.3 Å². The highest BCUT2D eigenvalue weighted by Gasteiger charge is 2.22. The lowest BCUT2D eigenvalue weighted by Crippen LogP contribution is -2.29. The number of halogens is 1. The molecular weight excluding hydrogens is 219 g/mol. The van der Waals surface area contributed by atoms with Gasteiger partial charge in [-0.1, -0.05) is 0 Å². The third kappa shape index (κ3) is 2.05. The van der Waals surface area contributed by atoms with Gasteiger partial charge in [-0.3, -0.25) is 0 Å². The Morgan fingerprint density at radius 1 is 1.35 bits per heavy atom. The van der Waals surface area contributed by atoms with Crippen LogP contribution in [0.3, 0.4) is 0 Å². The van der Waals surface area contributed by atoms with Gasteiger partial charge < -0.3 is 9.32 Å². The number of nitrogens with zero attached hydrogens (tertiary/aromatic N) is 2. The first-order valence-corrected chi connectivity index (χ1v) is 5.97. The number of benzene rings is 1. The molecular formula is C13H15FN2O. The fourth-order valence-electron chi connectivity index (χ4n) is 2.35. The van der Waals surface area contributed by atoms with Crippen LogP contribution in [0.2, 0.25) is 0 Å².